The first-order chi connectivity index (χ1) is 11.6. The zero-order chi connectivity index (χ0) is 16.7. The minimum absolute atomic E-state index is 0.127. The fourth-order valence-corrected chi connectivity index (χ4v) is 5.25. The Morgan fingerprint density at radius 2 is 2.29 bits per heavy atom. The smallest absolute Gasteiger partial charge is 0.264 e. The Bertz CT molecular complexity index is 658. The number of ether oxygens (including phenoxy) is 1. The summed E-state index contributed by atoms with van der Waals surface area (Å²) in [6.07, 6.45) is 4.33. The number of hydrogen-bond acceptors (Lipinski definition) is 4. The average molecular weight is 348 g/mol. The van der Waals surface area contributed by atoms with Crippen LogP contribution in [0.5, 0.6) is 0 Å². The Labute approximate surface area is 146 Å². The maximum Gasteiger partial charge on any atom is 0.264 e. The van der Waals surface area contributed by atoms with Gasteiger partial charge < -0.3 is 14.5 Å². The fraction of sp³-hybridized carbons (Fsp3) is 0.667. The van der Waals surface area contributed by atoms with Crippen LogP contribution in [0.2, 0.25) is 0 Å². The van der Waals surface area contributed by atoms with Crippen LogP contribution in [0, 0.1) is 6.92 Å². The molecule has 0 bridgehead atoms. The summed E-state index contributed by atoms with van der Waals surface area (Å²) in [5.41, 5.74) is 0.795. The molecular formula is C18H24N2O3S. The molecule has 4 heterocycles. The van der Waals surface area contributed by atoms with E-state index in [-0.39, 0.29) is 23.5 Å². The largest absolute Gasteiger partial charge is 0.373 e. The number of carbonyl (C=O) groups excluding carboxylic acids is 2. The maximum atomic E-state index is 12.8. The van der Waals surface area contributed by atoms with E-state index in [4.69, 9.17) is 4.74 Å². The van der Waals surface area contributed by atoms with Crippen LogP contribution in [0.4, 0.5) is 0 Å². The Balaban J connectivity index is 1.46. The van der Waals surface area contributed by atoms with Gasteiger partial charge in [0.05, 0.1) is 17.0 Å². The van der Waals surface area contributed by atoms with Crippen LogP contribution in [0.1, 0.15) is 47.3 Å². The van der Waals surface area contributed by atoms with E-state index in [9.17, 15) is 9.59 Å². The minimum atomic E-state index is -0.257. The first kappa shape index (κ1) is 16.1. The van der Waals surface area contributed by atoms with Gasteiger partial charge in [-0.2, -0.15) is 0 Å². The van der Waals surface area contributed by atoms with Crippen molar-refractivity contribution in [1.82, 2.24) is 9.80 Å². The van der Waals surface area contributed by atoms with Gasteiger partial charge in [0, 0.05) is 32.2 Å². The molecule has 3 fully saturated rings. The molecule has 0 aliphatic carbocycles. The molecule has 5 nitrogen and oxygen atoms in total. The average Bonchev–Trinajstić information content (AvgIpc) is 3.28. The van der Waals surface area contributed by atoms with Crippen molar-refractivity contribution in [3.8, 4) is 0 Å². The fourth-order valence-electron chi connectivity index (χ4n) is 4.36. The van der Waals surface area contributed by atoms with Gasteiger partial charge in [-0.05, 0) is 49.6 Å². The Kier molecular flexibility index (Phi) is 4.12. The summed E-state index contributed by atoms with van der Waals surface area (Å²) in [6.45, 7) is 4.96. The highest BCUT2D eigenvalue weighted by Crippen LogP contribution is 2.38. The summed E-state index contributed by atoms with van der Waals surface area (Å²) < 4.78 is 6.15. The highest BCUT2D eigenvalue weighted by molar-refractivity contribution is 7.12. The second kappa shape index (κ2) is 6.15. The van der Waals surface area contributed by atoms with E-state index in [2.05, 4.69) is 4.90 Å². The monoisotopic (exact) mass is 348 g/mol. The number of rotatable bonds is 2. The van der Waals surface area contributed by atoms with Gasteiger partial charge in [-0.25, -0.2) is 0 Å². The van der Waals surface area contributed by atoms with Crippen molar-refractivity contribution in [2.75, 3.05) is 26.2 Å². The number of hydrogen-bond donors (Lipinski definition) is 0. The number of aryl methyl sites for hydroxylation is 1. The van der Waals surface area contributed by atoms with Crippen molar-refractivity contribution >= 4 is 23.2 Å². The molecule has 6 heteroatoms. The summed E-state index contributed by atoms with van der Waals surface area (Å²) in [7, 11) is 0. The van der Waals surface area contributed by atoms with Crippen molar-refractivity contribution in [2.45, 2.75) is 50.7 Å². The van der Waals surface area contributed by atoms with Gasteiger partial charge in [-0.3, -0.25) is 9.59 Å². The second-order valence-corrected chi connectivity index (χ2v) is 8.19. The van der Waals surface area contributed by atoms with Crippen LogP contribution in [0.3, 0.4) is 0 Å². The third-order valence-electron chi connectivity index (χ3n) is 5.68. The summed E-state index contributed by atoms with van der Waals surface area (Å²) >= 11 is 1.52. The van der Waals surface area contributed by atoms with Gasteiger partial charge in [0.15, 0.2) is 0 Å². The molecule has 4 rings (SSSR count). The van der Waals surface area contributed by atoms with Crippen molar-refractivity contribution in [3.05, 3.63) is 21.9 Å². The number of likely N-dealkylation sites (tertiary alicyclic amines) is 2. The van der Waals surface area contributed by atoms with Crippen LogP contribution in [-0.4, -0.2) is 59.5 Å². The number of carbonyl (C=O) groups is 2. The molecule has 3 aliphatic heterocycles. The molecule has 130 valence electrons. The van der Waals surface area contributed by atoms with E-state index >= 15 is 0 Å². The minimum Gasteiger partial charge on any atom is -0.373 e. The molecule has 0 radical (unpaired) electrons. The van der Waals surface area contributed by atoms with Crippen LogP contribution in [0.25, 0.3) is 0 Å². The SMILES string of the molecule is Cc1ccsc1C(=O)N1CC[C@@]2(C[C@@H](N3CCCC3=O)CCO2)C1. The van der Waals surface area contributed by atoms with Crippen LogP contribution in [0.15, 0.2) is 11.4 Å². The normalized spacial score (nSPS) is 30.5. The predicted octanol–water partition coefficient (Wildman–Crippen LogP) is 2.44. The topological polar surface area (TPSA) is 49.9 Å². The van der Waals surface area contributed by atoms with E-state index in [0.717, 1.165) is 49.2 Å². The van der Waals surface area contributed by atoms with Crippen molar-refractivity contribution in [3.63, 3.8) is 0 Å². The number of amides is 2. The van der Waals surface area contributed by atoms with Crippen molar-refractivity contribution < 1.29 is 14.3 Å². The van der Waals surface area contributed by atoms with Gasteiger partial charge in [0.25, 0.3) is 5.91 Å². The standard InChI is InChI=1S/C18H24N2O3S/c1-13-5-10-24-16(13)17(22)19-8-6-18(12-19)11-14(4-9-23-18)20-7-2-3-15(20)21/h5,10,14H,2-4,6-9,11-12H2,1H3/t14-,18+/m0/s1. The quantitative estimate of drug-likeness (QED) is 0.825. The lowest BCUT2D eigenvalue weighted by molar-refractivity contribution is -0.137. The van der Waals surface area contributed by atoms with Gasteiger partial charge >= 0.3 is 0 Å². The molecular weight excluding hydrogens is 324 g/mol. The molecule has 0 N–H and O–H groups in total. The van der Waals surface area contributed by atoms with E-state index in [1.54, 1.807) is 0 Å². The second-order valence-electron chi connectivity index (χ2n) is 7.28. The van der Waals surface area contributed by atoms with Gasteiger partial charge in [-0.15, -0.1) is 11.3 Å². The van der Waals surface area contributed by atoms with Crippen LogP contribution in [-0.2, 0) is 9.53 Å². The molecule has 0 unspecified atom stereocenters. The summed E-state index contributed by atoms with van der Waals surface area (Å²) in [5.74, 6) is 0.416. The summed E-state index contributed by atoms with van der Waals surface area (Å²) in [4.78, 5) is 29.7. The van der Waals surface area contributed by atoms with Crippen LogP contribution >= 0.6 is 11.3 Å². The van der Waals surface area contributed by atoms with E-state index in [0.29, 0.717) is 19.6 Å². The number of nitrogens with zero attached hydrogens (tertiary/aromatic N) is 2. The molecule has 2 atom stereocenters. The summed E-state index contributed by atoms with van der Waals surface area (Å²) in [5, 5.41) is 1.97. The van der Waals surface area contributed by atoms with Gasteiger partial charge in [0.1, 0.15) is 0 Å². The lowest BCUT2D eigenvalue weighted by Gasteiger charge is -2.41. The van der Waals surface area contributed by atoms with E-state index in [1.807, 2.05) is 23.3 Å². The van der Waals surface area contributed by atoms with Gasteiger partial charge in [0.2, 0.25) is 5.91 Å². The number of thiophene rings is 1. The molecule has 3 saturated heterocycles. The first-order valence-electron chi connectivity index (χ1n) is 8.85. The highest BCUT2D eigenvalue weighted by Gasteiger charge is 2.47. The maximum absolute atomic E-state index is 12.8. The van der Waals surface area contributed by atoms with E-state index in [1.165, 1.54) is 11.3 Å². The molecule has 1 aromatic heterocycles. The first-order valence-corrected chi connectivity index (χ1v) is 9.73. The Morgan fingerprint density at radius 3 is 3.00 bits per heavy atom. The Hall–Kier alpha value is -1.40. The van der Waals surface area contributed by atoms with E-state index < -0.39 is 0 Å². The molecule has 0 aromatic carbocycles. The lowest BCUT2D eigenvalue weighted by atomic mass is 9.89. The molecule has 24 heavy (non-hydrogen) atoms. The third kappa shape index (κ3) is 2.75. The molecule has 3 aliphatic rings. The van der Waals surface area contributed by atoms with Crippen molar-refractivity contribution in [2.24, 2.45) is 0 Å². The Morgan fingerprint density at radius 1 is 1.42 bits per heavy atom. The predicted molar refractivity (Wildman–Crippen MR) is 92.2 cm³/mol. The third-order valence-corrected chi connectivity index (χ3v) is 6.68. The lowest BCUT2D eigenvalue weighted by Crippen LogP contribution is -2.50. The zero-order valence-electron chi connectivity index (χ0n) is 14.1. The van der Waals surface area contributed by atoms with Crippen molar-refractivity contribution in [1.29, 1.82) is 0 Å². The summed E-state index contributed by atoms with van der Waals surface area (Å²) in [6, 6.07) is 2.28. The van der Waals surface area contributed by atoms with Crippen LogP contribution < -0.4 is 0 Å². The molecule has 1 spiro atoms. The highest BCUT2D eigenvalue weighted by atomic mass is 32.1. The molecule has 2 amide bonds. The van der Waals surface area contributed by atoms with Gasteiger partial charge in [-0.1, -0.05) is 0 Å². The zero-order valence-corrected chi connectivity index (χ0v) is 14.9. The molecule has 0 saturated carbocycles. The molecule has 1 aromatic rings.